The van der Waals surface area contributed by atoms with Gasteiger partial charge >= 0.3 is 0 Å². The van der Waals surface area contributed by atoms with Crippen molar-refractivity contribution in [1.29, 1.82) is 0 Å². The minimum Gasteiger partial charge on any atom is -0.317 e. The molecule has 2 unspecified atom stereocenters. The maximum atomic E-state index is 3.53. The molecule has 2 fully saturated rings. The SMILES string of the molecule is CCNCC1CCN(C)C1c1cccc(C2CC2)c1. The van der Waals surface area contributed by atoms with E-state index in [1.54, 1.807) is 5.56 Å². The predicted octanol–water partition coefficient (Wildman–Crippen LogP) is 3.17. The van der Waals surface area contributed by atoms with Gasteiger partial charge in [-0.25, -0.2) is 0 Å². The van der Waals surface area contributed by atoms with Crippen LogP contribution in [0.1, 0.15) is 49.3 Å². The van der Waals surface area contributed by atoms with Gasteiger partial charge in [-0.3, -0.25) is 4.90 Å². The van der Waals surface area contributed by atoms with Gasteiger partial charge in [0.05, 0.1) is 0 Å². The standard InChI is InChI=1S/C17H26N2/c1-3-18-12-16-9-10-19(2)17(16)15-6-4-5-14(11-15)13-7-8-13/h4-6,11,13,16-18H,3,7-10,12H2,1-2H3. The fourth-order valence-electron chi connectivity index (χ4n) is 3.51. The second-order valence-electron chi connectivity index (χ2n) is 6.23. The number of likely N-dealkylation sites (tertiary alicyclic amines) is 1. The van der Waals surface area contributed by atoms with Crippen molar-refractivity contribution in [1.82, 2.24) is 10.2 Å². The second-order valence-corrected chi connectivity index (χ2v) is 6.23. The topological polar surface area (TPSA) is 15.3 Å². The first kappa shape index (κ1) is 13.1. The van der Waals surface area contributed by atoms with Gasteiger partial charge in [0.25, 0.3) is 0 Å². The number of nitrogens with one attached hydrogen (secondary N) is 1. The number of benzene rings is 1. The third-order valence-electron chi connectivity index (χ3n) is 4.73. The van der Waals surface area contributed by atoms with Gasteiger partial charge in [0.2, 0.25) is 0 Å². The highest BCUT2D eigenvalue weighted by Crippen LogP contribution is 2.42. The Morgan fingerprint density at radius 2 is 2.00 bits per heavy atom. The molecule has 19 heavy (non-hydrogen) atoms. The van der Waals surface area contributed by atoms with Gasteiger partial charge in [-0.1, -0.05) is 31.2 Å². The van der Waals surface area contributed by atoms with Crippen LogP contribution in [-0.4, -0.2) is 31.6 Å². The van der Waals surface area contributed by atoms with Crippen molar-refractivity contribution < 1.29 is 0 Å². The monoisotopic (exact) mass is 258 g/mol. The van der Waals surface area contributed by atoms with Gasteiger partial charge in [0, 0.05) is 6.04 Å². The molecule has 0 aromatic heterocycles. The van der Waals surface area contributed by atoms with Crippen molar-refractivity contribution in [2.45, 2.75) is 38.1 Å². The zero-order valence-electron chi connectivity index (χ0n) is 12.2. The average Bonchev–Trinajstić information content (AvgIpc) is 3.21. The summed E-state index contributed by atoms with van der Waals surface area (Å²) < 4.78 is 0. The van der Waals surface area contributed by atoms with Gasteiger partial charge in [-0.15, -0.1) is 0 Å². The van der Waals surface area contributed by atoms with E-state index in [9.17, 15) is 0 Å². The lowest BCUT2D eigenvalue weighted by Gasteiger charge is -2.26. The fourth-order valence-corrected chi connectivity index (χ4v) is 3.51. The lowest BCUT2D eigenvalue weighted by atomic mass is 9.92. The molecule has 1 aromatic rings. The van der Waals surface area contributed by atoms with Crippen molar-refractivity contribution in [2.24, 2.45) is 5.92 Å². The normalized spacial score (nSPS) is 27.9. The molecule has 1 heterocycles. The number of hydrogen-bond acceptors (Lipinski definition) is 2. The van der Waals surface area contributed by atoms with Crippen LogP contribution in [-0.2, 0) is 0 Å². The molecule has 1 aromatic carbocycles. The van der Waals surface area contributed by atoms with Crippen molar-refractivity contribution in [3.8, 4) is 0 Å². The lowest BCUT2D eigenvalue weighted by Crippen LogP contribution is -2.28. The minimum atomic E-state index is 0.609. The molecule has 2 heteroatoms. The predicted molar refractivity (Wildman–Crippen MR) is 80.4 cm³/mol. The molecule has 2 atom stereocenters. The molecule has 2 nitrogen and oxygen atoms in total. The van der Waals surface area contributed by atoms with E-state index >= 15 is 0 Å². The molecule has 1 saturated heterocycles. The third kappa shape index (κ3) is 2.85. The Hall–Kier alpha value is -0.860. The van der Waals surface area contributed by atoms with Crippen LogP contribution in [0.2, 0.25) is 0 Å². The molecule has 1 saturated carbocycles. The number of nitrogens with zero attached hydrogens (tertiary/aromatic N) is 1. The number of rotatable bonds is 5. The fraction of sp³-hybridized carbons (Fsp3) is 0.647. The highest BCUT2D eigenvalue weighted by atomic mass is 15.2. The largest absolute Gasteiger partial charge is 0.317 e. The second kappa shape index (κ2) is 5.64. The zero-order chi connectivity index (χ0) is 13.2. The molecule has 1 N–H and O–H groups in total. The highest BCUT2D eigenvalue weighted by Gasteiger charge is 2.33. The van der Waals surface area contributed by atoms with Gasteiger partial charge in [-0.05, 0) is 68.9 Å². The molecule has 104 valence electrons. The van der Waals surface area contributed by atoms with E-state index in [-0.39, 0.29) is 0 Å². The highest BCUT2D eigenvalue weighted by molar-refractivity contribution is 5.31. The van der Waals surface area contributed by atoms with Gasteiger partial charge in [0.15, 0.2) is 0 Å². The summed E-state index contributed by atoms with van der Waals surface area (Å²) >= 11 is 0. The molecular formula is C17H26N2. The van der Waals surface area contributed by atoms with E-state index in [4.69, 9.17) is 0 Å². The molecule has 0 spiro atoms. The number of hydrogen-bond donors (Lipinski definition) is 1. The Kier molecular flexibility index (Phi) is 3.90. The quantitative estimate of drug-likeness (QED) is 0.872. The van der Waals surface area contributed by atoms with Crippen LogP contribution in [0.3, 0.4) is 0 Å². The molecular weight excluding hydrogens is 232 g/mol. The lowest BCUT2D eigenvalue weighted by molar-refractivity contribution is 0.272. The van der Waals surface area contributed by atoms with Gasteiger partial charge in [0.1, 0.15) is 0 Å². The molecule has 1 aliphatic heterocycles. The molecule has 0 amide bonds. The van der Waals surface area contributed by atoms with Crippen molar-refractivity contribution >= 4 is 0 Å². The smallest absolute Gasteiger partial charge is 0.0385 e. The summed E-state index contributed by atoms with van der Waals surface area (Å²) in [5.41, 5.74) is 3.10. The summed E-state index contributed by atoms with van der Waals surface area (Å²) in [4.78, 5) is 2.54. The first-order valence-corrected chi connectivity index (χ1v) is 7.80. The Bertz CT molecular complexity index is 425. The van der Waals surface area contributed by atoms with E-state index in [1.165, 1.54) is 31.4 Å². The van der Waals surface area contributed by atoms with E-state index < -0.39 is 0 Å². The van der Waals surface area contributed by atoms with Crippen LogP contribution in [0.5, 0.6) is 0 Å². The zero-order valence-corrected chi connectivity index (χ0v) is 12.2. The van der Waals surface area contributed by atoms with Crippen LogP contribution in [0.15, 0.2) is 24.3 Å². The maximum Gasteiger partial charge on any atom is 0.0385 e. The van der Waals surface area contributed by atoms with Crippen molar-refractivity contribution in [2.75, 3.05) is 26.7 Å². The summed E-state index contributed by atoms with van der Waals surface area (Å²) in [6, 6.07) is 9.99. The Morgan fingerprint density at radius 1 is 1.21 bits per heavy atom. The summed E-state index contributed by atoms with van der Waals surface area (Å²) in [5.74, 6) is 1.62. The Morgan fingerprint density at radius 3 is 2.74 bits per heavy atom. The van der Waals surface area contributed by atoms with Gasteiger partial charge < -0.3 is 5.32 Å². The molecule has 0 radical (unpaired) electrons. The summed E-state index contributed by atoms with van der Waals surface area (Å²) in [5, 5.41) is 3.53. The summed E-state index contributed by atoms with van der Waals surface area (Å²) in [7, 11) is 2.28. The van der Waals surface area contributed by atoms with Crippen molar-refractivity contribution in [3.05, 3.63) is 35.4 Å². The van der Waals surface area contributed by atoms with E-state index in [0.29, 0.717) is 6.04 Å². The van der Waals surface area contributed by atoms with Crippen LogP contribution in [0.4, 0.5) is 0 Å². The summed E-state index contributed by atoms with van der Waals surface area (Å²) in [6.07, 6.45) is 4.11. The Balaban J connectivity index is 1.79. The summed E-state index contributed by atoms with van der Waals surface area (Å²) in [6.45, 7) is 5.66. The molecule has 3 rings (SSSR count). The Labute approximate surface area is 117 Å². The van der Waals surface area contributed by atoms with Crippen LogP contribution < -0.4 is 5.32 Å². The van der Waals surface area contributed by atoms with Crippen LogP contribution in [0.25, 0.3) is 0 Å². The van der Waals surface area contributed by atoms with Crippen molar-refractivity contribution in [3.63, 3.8) is 0 Å². The van der Waals surface area contributed by atoms with E-state index in [1.807, 2.05) is 0 Å². The van der Waals surface area contributed by atoms with Crippen LogP contribution in [0, 0.1) is 5.92 Å². The van der Waals surface area contributed by atoms with E-state index in [0.717, 1.165) is 24.9 Å². The molecule has 1 aliphatic carbocycles. The molecule has 2 aliphatic rings. The average molecular weight is 258 g/mol. The third-order valence-corrected chi connectivity index (χ3v) is 4.73. The van der Waals surface area contributed by atoms with Crippen LogP contribution >= 0.6 is 0 Å². The van der Waals surface area contributed by atoms with Gasteiger partial charge in [-0.2, -0.15) is 0 Å². The molecule has 0 bridgehead atoms. The maximum absolute atomic E-state index is 3.53. The first-order chi connectivity index (χ1) is 9.29. The van der Waals surface area contributed by atoms with E-state index in [2.05, 4.69) is 48.5 Å². The first-order valence-electron chi connectivity index (χ1n) is 7.80. The minimum absolute atomic E-state index is 0.609.